The summed E-state index contributed by atoms with van der Waals surface area (Å²) < 4.78 is 5.76. The summed E-state index contributed by atoms with van der Waals surface area (Å²) in [6.07, 6.45) is 4.38. The van der Waals surface area contributed by atoms with Crippen LogP contribution in [0.25, 0.3) is 6.08 Å². The van der Waals surface area contributed by atoms with Gasteiger partial charge in [0.05, 0.1) is 13.1 Å². The fourth-order valence-corrected chi connectivity index (χ4v) is 3.70. The second kappa shape index (κ2) is 11.8. The SMILES string of the molecule is CC(C)(C)c1ccc(OCCNC(=O)CN2CCN(C/C=C/c3ccccc3)CC2)cc1. The summed E-state index contributed by atoms with van der Waals surface area (Å²) in [6, 6.07) is 18.6. The van der Waals surface area contributed by atoms with Crippen molar-refractivity contribution in [1.82, 2.24) is 15.1 Å². The van der Waals surface area contributed by atoms with E-state index in [2.05, 4.69) is 84.4 Å². The van der Waals surface area contributed by atoms with Crippen molar-refractivity contribution in [2.75, 3.05) is 52.4 Å². The molecule has 0 atom stereocenters. The standard InChI is InChI=1S/C27H37N3O2/c1-27(2,3)24-11-13-25(14-12-24)32-21-15-28-26(31)22-30-19-17-29(18-20-30)16-7-10-23-8-5-4-6-9-23/h4-14H,15-22H2,1-3H3,(H,28,31)/b10-7+. The molecule has 0 aromatic heterocycles. The van der Waals surface area contributed by atoms with Crippen molar-refractivity contribution in [3.05, 3.63) is 71.8 Å². The van der Waals surface area contributed by atoms with E-state index >= 15 is 0 Å². The van der Waals surface area contributed by atoms with Crippen LogP contribution >= 0.6 is 0 Å². The molecule has 1 fully saturated rings. The molecule has 0 bridgehead atoms. The van der Waals surface area contributed by atoms with Gasteiger partial charge in [-0.2, -0.15) is 0 Å². The third-order valence-electron chi connectivity index (χ3n) is 5.72. The first-order chi connectivity index (χ1) is 15.4. The van der Waals surface area contributed by atoms with E-state index in [-0.39, 0.29) is 11.3 Å². The first-order valence-electron chi connectivity index (χ1n) is 11.6. The van der Waals surface area contributed by atoms with Crippen molar-refractivity contribution in [3.63, 3.8) is 0 Å². The minimum atomic E-state index is 0.0640. The number of rotatable bonds is 9. The zero-order valence-electron chi connectivity index (χ0n) is 19.7. The predicted octanol–water partition coefficient (Wildman–Crippen LogP) is 3.81. The highest BCUT2D eigenvalue weighted by Gasteiger charge is 2.18. The molecule has 32 heavy (non-hydrogen) atoms. The fraction of sp³-hybridized carbons (Fsp3) is 0.444. The Labute approximate surface area is 193 Å². The Kier molecular flexibility index (Phi) is 8.89. The Morgan fingerprint density at radius 3 is 2.28 bits per heavy atom. The molecule has 1 aliphatic heterocycles. The van der Waals surface area contributed by atoms with Gasteiger partial charge in [-0.15, -0.1) is 0 Å². The van der Waals surface area contributed by atoms with E-state index in [4.69, 9.17) is 4.74 Å². The number of ether oxygens (including phenoxy) is 1. The van der Waals surface area contributed by atoms with E-state index < -0.39 is 0 Å². The maximum atomic E-state index is 12.3. The third kappa shape index (κ3) is 8.13. The first kappa shape index (κ1) is 24.0. The maximum Gasteiger partial charge on any atom is 0.234 e. The number of carbonyl (C=O) groups excluding carboxylic acids is 1. The van der Waals surface area contributed by atoms with Gasteiger partial charge < -0.3 is 10.1 Å². The van der Waals surface area contributed by atoms with Crippen LogP contribution in [0.2, 0.25) is 0 Å². The van der Waals surface area contributed by atoms with Gasteiger partial charge in [0.2, 0.25) is 5.91 Å². The minimum absolute atomic E-state index is 0.0640. The molecule has 5 nitrogen and oxygen atoms in total. The van der Waals surface area contributed by atoms with Crippen molar-refractivity contribution in [2.24, 2.45) is 0 Å². The summed E-state index contributed by atoms with van der Waals surface area (Å²) in [4.78, 5) is 16.9. The fourth-order valence-electron chi connectivity index (χ4n) is 3.70. The van der Waals surface area contributed by atoms with E-state index in [1.54, 1.807) is 0 Å². The molecule has 0 saturated carbocycles. The zero-order chi connectivity index (χ0) is 22.8. The molecule has 2 aromatic carbocycles. The Balaban J connectivity index is 1.27. The zero-order valence-corrected chi connectivity index (χ0v) is 19.7. The van der Waals surface area contributed by atoms with Gasteiger partial charge in [-0.25, -0.2) is 0 Å². The number of benzene rings is 2. The molecule has 0 aliphatic carbocycles. The highest BCUT2D eigenvalue weighted by Crippen LogP contribution is 2.24. The molecule has 0 unspecified atom stereocenters. The van der Waals surface area contributed by atoms with Crippen LogP contribution in [-0.2, 0) is 10.2 Å². The topological polar surface area (TPSA) is 44.8 Å². The van der Waals surface area contributed by atoms with Crippen LogP contribution in [0.1, 0.15) is 31.9 Å². The summed E-state index contributed by atoms with van der Waals surface area (Å²) in [5.41, 5.74) is 2.65. The van der Waals surface area contributed by atoms with Crippen LogP contribution in [0.5, 0.6) is 5.75 Å². The average molecular weight is 436 g/mol. The molecule has 1 saturated heterocycles. The summed E-state index contributed by atoms with van der Waals surface area (Å²) in [5, 5.41) is 2.97. The predicted molar refractivity (Wildman–Crippen MR) is 132 cm³/mol. The van der Waals surface area contributed by atoms with Crippen molar-refractivity contribution >= 4 is 12.0 Å². The van der Waals surface area contributed by atoms with Crippen LogP contribution in [0, 0.1) is 0 Å². The summed E-state index contributed by atoms with van der Waals surface area (Å²) >= 11 is 0. The molecular formula is C27H37N3O2. The van der Waals surface area contributed by atoms with Gasteiger partial charge in [-0.05, 0) is 28.7 Å². The maximum absolute atomic E-state index is 12.3. The lowest BCUT2D eigenvalue weighted by atomic mass is 9.87. The Morgan fingerprint density at radius 2 is 1.62 bits per heavy atom. The molecule has 1 amide bonds. The highest BCUT2D eigenvalue weighted by atomic mass is 16.5. The van der Waals surface area contributed by atoms with Gasteiger partial charge in [0, 0.05) is 32.7 Å². The van der Waals surface area contributed by atoms with Crippen LogP contribution < -0.4 is 10.1 Å². The molecule has 5 heteroatoms. The molecule has 1 heterocycles. The Morgan fingerprint density at radius 1 is 0.969 bits per heavy atom. The molecule has 0 spiro atoms. The minimum Gasteiger partial charge on any atom is -0.492 e. The molecule has 172 valence electrons. The van der Waals surface area contributed by atoms with Gasteiger partial charge in [-0.3, -0.25) is 14.6 Å². The molecule has 2 aromatic rings. The summed E-state index contributed by atoms with van der Waals surface area (Å²) in [5.74, 6) is 0.902. The van der Waals surface area contributed by atoms with Gasteiger partial charge >= 0.3 is 0 Å². The number of hydrogen-bond acceptors (Lipinski definition) is 4. The quantitative estimate of drug-likeness (QED) is 0.609. The van der Waals surface area contributed by atoms with E-state index in [0.717, 1.165) is 38.5 Å². The number of carbonyl (C=O) groups is 1. The number of nitrogens with zero attached hydrogens (tertiary/aromatic N) is 2. The molecule has 1 N–H and O–H groups in total. The molecule has 3 rings (SSSR count). The smallest absolute Gasteiger partial charge is 0.234 e. The average Bonchev–Trinajstić information content (AvgIpc) is 2.78. The molecule has 1 aliphatic rings. The Bertz CT molecular complexity index is 849. The number of piperazine rings is 1. The van der Waals surface area contributed by atoms with Gasteiger partial charge in [0.25, 0.3) is 0 Å². The van der Waals surface area contributed by atoms with Crippen molar-refractivity contribution in [1.29, 1.82) is 0 Å². The lowest BCUT2D eigenvalue weighted by Crippen LogP contribution is -2.49. The second-order valence-corrected chi connectivity index (χ2v) is 9.36. The van der Waals surface area contributed by atoms with E-state index in [1.807, 2.05) is 18.2 Å². The van der Waals surface area contributed by atoms with Crippen LogP contribution in [-0.4, -0.2) is 68.1 Å². The third-order valence-corrected chi connectivity index (χ3v) is 5.72. The number of amides is 1. The van der Waals surface area contributed by atoms with Crippen molar-refractivity contribution < 1.29 is 9.53 Å². The van der Waals surface area contributed by atoms with Gasteiger partial charge in [-0.1, -0.05) is 75.4 Å². The van der Waals surface area contributed by atoms with Gasteiger partial charge in [0.15, 0.2) is 0 Å². The van der Waals surface area contributed by atoms with Crippen LogP contribution in [0.3, 0.4) is 0 Å². The first-order valence-corrected chi connectivity index (χ1v) is 11.6. The van der Waals surface area contributed by atoms with Crippen LogP contribution in [0.15, 0.2) is 60.7 Å². The van der Waals surface area contributed by atoms with Crippen molar-refractivity contribution in [3.8, 4) is 5.75 Å². The van der Waals surface area contributed by atoms with E-state index in [1.165, 1.54) is 11.1 Å². The molecular weight excluding hydrogens is 398 g/mol. The Hall–Kier alpha value is -2.63. The summed E-state index contributed by atoms with van der Waals surface area (Å²) in [7, 11) is 0. The van der Waals surface area contributed by atoms with E-state index in [9.17, 15) is 4.79 Å². The lowest BCUT2D eigenvalue weighted by Gasteiger charge is -2.33. The number of nitrogens with one attached hydrogen (secondary N) is 1. The monoisotopic (exact) mass is 435 g/mol. The van der Waals surface area contributed by atoms with Crippen LogP contribution in [0.4, 0.5) is 0 Å². The highest BCUT2D eigenvalue weighted by molar-refractivity contribution is 5.78. The number of hydrogen-bond donors (Lipinski definition) is 1. The van der Waals surface area contributed by atoms with E-state index in [0.29, 0.717) is 19.7 Å². The van der Waals surface area contributed by atoms with Crippen molar-refractivity contribution in [2.45, 2.75) is 26.2 Å². The normalized spacial score (nSPS) is 15.7. The van der Waals surface area contributed by atoms with Gasteiger partial charge in [0.1, 0.15) is 12.4 Å². The largest absolute Gasteiger partial charge is 0.492 e. The lowest BCUT2D eigenvalue weighted by molar-refractivity contribution is -0.122. The second-order valence-electron chi connectivity index (χ2n) is 9.36. The molecule has 0 radical (unpaired) electrons. The summed E-state index contributed by atoms with van der Waals surface area (Å²) in [6.45, 7) is 12.8.